The molecule has 1 amide bonds. The predicted molar refractivity (Wildman–Crippen MR) is 118 cm³/mol. The summed E-state index contributed by atoms with van der Waals surface area (Å²) in [5.74, 6) is -0.661. The molecule has 2 aromatic rings. The Morgan fingerprint density at radius 3 is 2.45 bits per heavy atom. The fourth-order valence-electron chi connectivity index (χ4n) is 2.96. The molecule has 0 atom stereocenters. The molecule has 3 rings (SSSR count). The molecule has 0 unspecified atom stereocenters. The van der Waals surface area contributed by atoms with Crippen molar-refractivity contribution in [2.75, 3.05) is 36.5 Å². The van der Waals surface area contributed by atoms with Crippen molar-refractivity contribution in [2.24, 2.45) is 0 Å². The highest BCUT2D eigenvalue weighted by molar-refractivity contribution is 7.80. The largest absolute Gasteiger partial charge is 0.378 e. The average molecular weight is 466 g/mol. The molecule has 13 heteroatoms. The van der Waals surface area contributed by atoms with Crippen LogP contribution in [0.5, 0.6) is 0 Å². The van der Waals surface area contributed by atoms with Gasteiger partial charge in [0, 0.05) is 37.0 Å². The molecule has 0 bridgehead atoms. The van der Waals surface area contributed by atoms with E-state index >= 15 is 0 Å². The van der Waals surface area contributed by atoms with Crippen molar-refractivity contribution in [2.45, 2.75) is 0 Å². The molecule has 1 aliphatic heterocycles. The van der Waals surface area contributed by atoms with Gasteiger partial charge in [-0.15, -0.1) is 0 Å². The zero-order valence-electron chi connectivity index (χ0n) is 15.9. The van der Waals surface area contributed by atoms with Crippen molar-refractivity contribution in [3.8, 4) is 0 Å². The maximum atomic E-state index is 12.9. The standard InChI is InChI=1S/C18H16ClN5O6S/c19-14-3-1-11(9-16(14)24(28)29)20-18(31)21-17(25)13-10-12(23(26)27)2-4-15(13)22-5-7-30-8-6-22/h1-4,9-10H,5-8H2,(H2,20,21,25,31). The summed E-state index contributed by atoms with van der Waals surface area (Å²) in [5.41, 5.74) is 0.260. The number of carbonyl (C=O) groups is 1. The van der Waals surface area contributed by atoms with E-state index in [1.165, 1.54) is 36.4 Å². The number of rotatable bonds is 5. The number of nitro groups is 2. The van der Waals surface area contributed by atoms with Gasteiger partial charge in [0.25, 0.3) is 17.3 Å². The van der Waals surface area contributed by atoms with E-state index < -0.39 is 15.8 Å². The first-order valence-corrected chi connectivity index (χ1v) is 9.72. The van der Waals surface area contributed by atoms with Crippen LogP contribution < -0.4 is 15.5 Å². The minimum Gasteiger partial charge on any atom is -0.378 e. The number of halogens is 1. The number of hydrogen-bond donors (Lipinski definition) is 2. The summed E-state index contributed by atoms with van der Waals surface area (Å²) >= 11 is 10.9. The van der Waals surface area contributed by atoms with Crippen LogP contribution in [0.25, 0.3) is 0 Å². The number of anilines is 2. The van der Waals surface area contributed by atoms with Crippen molar-refractivity contribution < 1.29 is 19.4 Å². The highest BCUT2D eigenvalue weighted by Gasteiger charge is 2.23. The van der Waals surface area contributed by atoms with Gasteiger partial charge in [-0.3, -0.25) is 30.3 Å². The topological polar surface area (TPSA) is 140 Å². The highest BCUT2D eigenvalue weighted by Crippen LogP contribution is 2.28. The molecule has 0 radical (unpaired) electrons. The Bertz CT molecular complexity index is 1060. The van der Waals surface area contributed by atoms with Gasteiger partial charge in [-0.1, -0.05) is 11.6 Å². The van der Waals surface area contributed by atoms with Gasteiger partial charge in [0.15, 0.2) is 5.11 Å². The molecule has 2 aromatic carbocycles. The van der Waals surface area contributed by atoms with Crippen LogP contribution in [0.3, 0.4) is 0 Å². The van der Waals surface area contributed by atoms with Crippen LogP contribution >= 0.6 is 23.8 Å². The van der Waals surface area contributed by atoms with Gasteiger partial charge in [-0.25, -0.2) is 0 Å². The zero-order valence-corrected chi connectivity index (χ0v) is 17.4. The lowest BCUT2D eigenvalue weighted by molar-refractivity contribution is -0.385. The van der Waals surface area contributed by atoms with Crippen LogP contribution in [0.1, 0.15) is 10.4 Å². The van der Waals surface area contributed by atoms with E-state index in [9.17, 15) is 25.0 Å². The Labute approximate surface area is 186 Å². The fourth-order valence-corrected chi connectivity index (χ4v) is 3.36. The van der Waals surface area contributed by atoms with E-state index in [0.29, 0.717) is 32.0 Å². The maximum absolute atomic E-state index is 12.9. The normalized spacial score (nSPS) is 13.4. The Balaban J connectivity index is 1.81. The van der Waals surface area contributed by atoms with Gasteiger partial charge in [-0.05, 0) is 30.4 Å². The van der Waals surface area contributed by atoms with Crippen LogP contribution in [-0.2, 0) is 4.74 Å². The second-order valence-corrected chi connectivity index (χ2v) is 7.20. The molecule has 1 fully saturated rings. The van der Waals surface area contributed by atoms with E-state index in [4.69, 9.17) is 28.6 Å². The summed E-state index contributed by atoms with van der Waals surface area (Å²) < 4.78 is 5.31. The van der Waals surface area contributed by atoms with E-state index in [0.717, 1.165) is 0 Å². The number of thiocarbonyl (C=S) groups is 1. The summed E-state index contributed by atoms with van der Waals surface area (Å²) in [5, 5.41) is 27.1. The Morgan fingerprint density at radius 2 is 1.81 bits per heavy atom. The second kappa shape index (κ2) is 9.64. The number of nitrogens with zero attached hydrogens (tertiary/aromatic N) is 3. The minimum absolute atomic E-state index is 0.0442. The summed E-state index contributed by atoms with van der Waals surface area (Å²) in [6.07, 6.45) is 0. The van der Waals surface area contributed by atoms with Gasteiger partial charge in [0.1, 0.15) is 5.02 Å². The lowest BCUT2D eigenvalue weighted by Gasteiger charge is -2.30. The summed E-state index contributed by atoms with van der Waals surface area (Å²) in [6.45, 7) is 1.98. The van der Waals surface area contributed by atoms with Crippen LogP contribution in [0.4, 0.5) is 22.7 Å². The molecule has 0 spiro atoms. The van der Waals surface area contributed by atoms with Crippen LogP contribution in [-0.4, -0.2) is 47.2 Å². The van der Waals surface area contributed by atoms with Gasteiger partial charge in [0.2, 0.25) is 0 Å². The van der Waals surface area contributed by atoms with Crippen LogP contribution in [0, 0.1) is 20.2 Å². The first-order valence-electron chi connectivity index (χ1n) is 8.93. The molecule has 1 aliphatic rings. The molecule has 2 N–H and O–H groups in total. The summed E-state index contributed by atoms with van der Waals surface area (Å²) in [7, 11) is 0. The molecule has 11 nitrogen and oxygen atoms in total. The zero-order chi connectivity index (χ0) is 22.5. The van der Waals surface area contributed by atoms with Gasteiger partial charge in [0.05, 0.1) is 34.3 Å². The quantitative estimate of drug-likeness (QED) is 0.387. The number of nitrogens with one attached hydrogen (secondary N) is 2. The number of benzene rings is 2. The molecular weight excluding hydrogens is 450 g/mol. The van der Waals surface area contributed by atoms with E-state index in [-0.39, 0.29) is 32.8 Å². The third kappa shape index (κ3) is 5.42. The molecule has 0 aliphatic carbocycles. The third-order valence-corrected chi connectivity index (χ3v) is 4.94. The second-order valence-electron chi connectivity index (χ2n) is 6.39. The lowest BCUT2D eigenvalue weighted by Crippen LogP contribution is -2.39. The molecule has 0 aromatic heterocycles. The van der Waals surface area contributed by atoms with Crippen molar-refractivity contribution in [1.82, 2.24) is 5.32 Å². The molecule has 0 saturated carbocycles. The average Bonchev–Trinajstić information content (AvgIpc) is 2.75. The van der Waals surface area contributed by atoms with Gasteiger partial charge >= 0.3 is 0 Å². The first-order chi connectivity index (χ1) is 14.8. The van der Waals surface area contributed by atoms with Crippen molar-refractivity contribution in [1.29, 1.82) is 0 Å². The Morgan fingerprint density at radius 1 is 1.10 bits per heavy atom. The molecule has 1 heterocycles. The highest BCUT2D eigenvalue weighted by atomic mass is 35.5. The number of carbonyl (C=O) groups excluding carboxylic acids is 1. The molecule has 31 heavy (non-hydrogen) atoms. The number of morpholine rings is 1. The van der Waals surface area contributed by atoms with Crippen LogP contribution in [0.15, 0.2) is 36.4 Å². The van der Waals surface area contributed by atoms with E-state index in [1.54, 1.807) is 0 Å². The van der Waals surface area contributed by atoms with Crippen molar-refractivity contribution in [3.05, 3.63) is 67.2 Å². The number of nitro benzene ring substituents is 2. The van der Waals surface area contributed by atoms with E-state index in [1.807, 2.05) is 4.90 Å². The minimum atomic E-state index is -0.661. The maximum Gasteiger partial charge on any atom is 0.289 e. The lowest BCUT2D eigenvalue weighted by atomic mass is 10.1. The van der Waals surface area contributed by atoms with Gasteiger partial charge in [-0.2, -0.15) is 0 Å². The van der Waals surface area contributed by atoms with Crippen LogP contribution in [0.2, 0.25) is 5.02 Å². The SMILES string of the molecule is O=C(NC(=S)Nc1ccc(Cl)c([N+](=O)[O-])c1)c1cc([N+](=O)[O-])ccc1N1CCOCC1. The number of hydrogen-bond acceptors (Lipinski definition) is 8. The monoisotopic (exact) mass is 465 g/mol. The predicted octanol–water partition coefficient (Wildman–Crippen LogP) is 3.12. The smallest absolute Gasteiger partial charge is 0.289 e. The Hall–Kier alpha value is -3.35. The van der Waals surface area contributed by atoms with E-state index in [2.05, 4.69) is 10.6 Å². The summed E-state index contributed by atoms with van der Waals surface area (Å²) in [4.78, 5) is 35.7. The van der Waals surface area contributed by atoms with Crippen molar-refractivity contribution >= 4 is 57.6 Å². The number of non-ortho nitro benzene ring substituents is 1. The third-order valence-electron chi connectivity index (χ3n) is 4.42. The Kier molecular flexibility index (Phi) is 6.95. The van der Waals surface area contributed by atoms with Gasteiger partial charge < -0.3 is 15.0 Å². The molecular formula is C18H16ClN5O6S. The number of ether oxygens (including phenoxy) is 1. The number of amides is 1. The molecule has 1 saturated heterocycles. The van der Waals surface area contributed by atoms with Crippen molar-refractivity contribution in [3.63, 3.8) is 0 Å². The fraction of sp³-hybridized carbons (Fsp3) is 0.222. The first kappa shape index (κ1) is 22.3. The summed E-state index contributed by atoms with van der Waals surface area (Å²) in [6, 6.07) is 7.97. The molecule has 162 valence electrons.